The van der Waals surface area contributed by atoms with Crippen LogP contribution in [0.5, 0.6) is 11.6 Å². The zero-order valence-corrected chi connectivity index (χ0v) is 23.1. The van der Waals surface area contributed by atoms with Crippen molar-refractivity contribution in [2.75, 3.05) is 26.0 Å². The van der Waals surface area contributed by atoms with Crippen LogP contribution in [-0.4, -0.2) is 60.1 Å². The maximum atomic E-state index is 14.5. The molecule has 0 N–H and O–H groups in total. The van der Waals surface area contributed by atoms with Crippen molar-refractivity contribution in [2.45, 2.75) is 38.3 Å². The van der Waals surface area contributed by atoms with E-state index in [4.69, 9.17) is 35.0 Å². The summed E-state index contributed by atoms with van der Waals surface area (Å²) < 4.78 is 59.8. The van der Waals surface area contributed by atoms with E-state index in [1.54, 1.807) is 4.90 Å². The SMILES string of the molecule is CS(=O)(=O)Oc1ccc(F)c2c1COC(c1csc(C3CCN(C(=O)COc4nccnc4Cl)CC3)n1)OC2. The van der Waals surface area contributed by atoms with E-state index in [0.29, 0.717) is 18.8 Å². The van der Waals surface area contributed by atoms with Crippen LogP contribution in [0.1, 0.15) is 46.9 Å². The predicted molar refractivity (Wildman–Crippen MR) is 137 cm³/mol. The first-order valence-corrected chi connectivity index (χ1v) is 15.0. The minimum Gasteiger partial charge on any atom is -0.465 e. The normalized spacial score (nSPS) is 18.3. The summed E-state index contributed by atoms with van der Waals surface area (Å²) in [5.41, 5.74) is 0.999. The third kappa shape index (κ3) is 6.64. The number of rotatable bonds is 7. The number of aromatic nitrogens is 3. The van der Waals surface area contributed by atoms with Crippen LogP contribution in [-0.2, 0) is 37.6 Å². The molecule has 208 valence electrons. The van der Waals surface area contributed by atoms with Crippen molar-refractivity contribution in [3.63, 3.8) is 0 Å². The average molecular weight is 599 g/mol. The summed E-state index contributed by atoms with van der Waals surface area (Å²) in [5, 5.41) is 2.82. The highest BCUT2D eigenvalue weighted by molar-refractivity contribution is 7.86. The lowest BCUT2D eigenvalue weighted by Crippen LogP contribution is -2.40. The molecule has 1 unspecified atom stereocenters. The van der Waals surface area contributed by atoms with Gasteiger partial charge in [-0.05, 0) is 25.0 Å². The van der Waals surface area contributed by atoms with E-state index in [-0.39, 0.29) is 59.6 Å². The van der Waals surface area contributed by atoms with Crippen LogP contribution < -0.4 is 8.92 Å². The van der Waals surface area contributed by atoms with Gasteiger partial charge in [0.15, 0.2) is 11.8 Å². The predicted octanol–water partition coefficient (Wildman–Crippen LogP) is 3.59. The summed E-state index contributed by atoms with van der Waals surface area (Å²) in [6.07, 6.45) is 4.37. The second-order valence-electron chi connectivity index (χ2n) is 8.95. The molecule has 2 aliphatic heterocycles. The van der Waals surface area contributed by atoms with Gasteiger partial charge in [-0.2, -0.15) is 8.42 Å². The van der Waals surface area contributed by atoms with Crippen LogP contribution in [0, 0.1) is 5.82 Å². The molecule has 1 atom stereocenters. The van der Waals surface area contributed by atoms with Crippen molar-refractivity contribution in [1.29, 1.82) is 0 Å². The lowest BCUT2D eigenvalue weighted by Gasteiger charge is -2.31. The number of amides is 1. The molecule has 1 amide bonds. The Hall–Kier alpha value is -2.91. The van der Waals surface area contributed by atoms with Gasteiger partial charge < -0.3 is 23.3 Å². The summed E-state index contributed by atoms with van der Waals surface area (Å²) in [7, 11) is -3.81. The minimum atomic E-state index is -3.81. The molecule has 0 bridgehead atoms. The van der Waals surface area contributed by atoms with Crippen molar-refractivity contribution in [2.24, 2.45) is 0 Å². The number of piperidine rings is 1. The topological polar surface area (TPSA) is 130 Å². The Morgan fingerprint density at radius 1 is 1.18 bits per heavy atom. The molecular formula is C24H24ClFN4O7S2. The highest BCUT2D eigenvalue weighted by Crippen LogP contribution is 2.36. The van der Waals surface area contributed by atoms with Gasteiger partial charge in [0.1, 0.15) is 17.3 Å². The maximum Gasteiger partial charge on any atom is 0.306 e. The van der Waals surface area contributed by atoms with E-state index < -0.39 is 22.2 Å². The third-order valence-corrected chi connectivity index (χ3v) is 8.03. The Morgan fingerprint density at radius 2 is 1.90 bits per heavy atom. The molecule has 1 fully saturated rings. The molecule has 39 heavy (non-hydrogen) atoms. The largest absolute Gasteiger partial charge is 0.465 e. The number of hydrogen-bond donors (Lipinski definition) is 0. The molecule has 0 aliphatic carbocycles. The number of thiazole rings is 1. The van der Waals surface area contributed by atoms with Crippen LogP contribution in [0.15, 0.2) is 29.9 Å². The molecule has 4 heterocycles. The molecule has 0 radical (unpaired) electrons. The number of carbonyl (C=O) groups excluding carboxylic acids is 1. The first-order chi connectivity index (χ1) is 18.7. The lowest BCUT2D eigenvalue weighted by atomic mass is 9.97. The Labute approximate surface area is 233 Å². The molecule has 2 aliphatic rings. The summed E-state index contributed by atoms with van der Waals surface area (Å²) in [4.78, 5) is 26.9. The molecule has 2 aromatic heterocycles. The molecule has 5 rings (SSSR count). The van der Waals surface area contributed by atoms with Gasteiger partial charge in [0.25, 0.3) is 11.8 Å². The average Bonchev–Trinajstić information content (AvgIpc) is 3.29. The molecule has 15 heteroatoms. The maximum absolute atomic E-state index is 14.5. The number of carbonyl (C=O) groups is 1. The number of benzene rings is 1. The quantitative estimate of drug-likeness (QED) is 0.372. The second kappa shape index (κ2) is 11.7. The van der Waals surface area contributed by atoms with E-state index >= 15 is 0 Å². The van der Waals surface area contributed by atoms with Gasteiger partial charge in [-0.1, -0.05) is 11.6 Å². The van der Waals surface area contributed by atoms with Gasteiger partial charge in [-0.3, -0.25) is 4.79 Å². The summed E-state index contributed by atoms with van der Waals surface area (Å²) in [5.74, 6) is -0.436. The lowest BCUT2D eigenvalue weighted by molar-refractivity contribution is -0.155. The molecule has 1 aromatic carbocycles. The highest BCUT2D eigenvalue weighted by Gasteiger charge is 2.29. The van der Waals surface area contributed by atoms with Gasteiger partial charge in [-0.25, -0.2) is 19.3 Å². The fraction of sp³-hybridized carbons (Fsp3) is 0.417. The monoisotopic (exact) mass is 598 g/mol. The van der Waals surface area contributed by atoms with Crippen molar-refractivity contribution >= 4 is 39.0 Å². The van der Waals surface area contributed by atoms with Gasteiger partial charge in [0.2, 0.25) is 6.29 Å². The van der Waals surface area contributed by atoms with Crippen molar-refractivity contribution in [3.8, 4) is 11.6 Å². The molecule has 11 nitrogen and oxygen atoms in total. The summed E-state index contributed by atoms with van der Waals surface area (Å²) >= 11 is 7.38. The smallest absolute Gasteiger partial charge is 0.306 e. The Kier molecular flexibility index (Phi) is 8.28. The van der Waals surface area contributed by atoms with Crippen LogP contribution in [0.2, 0.25) is 5.15 Å². The number of fused-ring (bicyclic) bond motifs is 1. The van der Waals surface area contributed by atoms with Gasteiger partial charge in [-0.15, -0.1) is 11.3 Å². The zero-order valence-electron chi connectivity index (χ0n) is 20.7. The van der Waals surface area contributed by atoms with E-state index in [2.05, 4.69) is 9.97 Å². The van der Waals surface area contributed by atoms with Crippen molar-refractivity contribution < 1.29 is 36.0 Å². The molecule has 0 saturated carbocycles. The van der Waals surface area contributed by atoms with Gasteiger partial charge in [0, 0.05) is 47.9 Å². The second-order valence-corrected chi connectivity index (χ2v) is 11.8. The van der Waals surface area contributed by atoms with Crippen LogP contribution >= 0.6 is 22.9 Å². The fourth-order valence-corrected chi connectivity index (χ4v) is 5.97. The van der Waals surface area contributed by atoms with E-state index in [1.165, 1.54) is 29.8 Å². The third-order valence-electron chi connectivity index (χ3n) is 6.26. The molecule has 1 saturated heterocycles. The zero-order chi connectivity index (χ0) is 27.6. The highest BCUT2D eigenvalue weighted by atomic mass is 35.5. The van der Waals surface area contributed by atoms with E-state index in [0.717, 1.165) is 30.2 Å². The number of halogens is 2. The van der Waals surface area contributed by atoms with Crippen LogP contribution in [0.25, 0.3) is 0 Å². The minimum absolute atomic E-state index is 0.00335. The number of ether oxygens (including phenoxy) is 3. The Bertz CT molecular complexity index is 1460. The summed E-state index contributed by atoms with van der Waals surface area (Å²) in [6.45, 7) is 0.661. The fourth-order valence-electron chi connectivity index (χ4n) is 4.33. The van der Waals surface area contributed by atoms with E-state index in [1.807, 2.05) is 5.38 Å². The first kappa shape index (κ1) is 27.6. The number of hydrogen-bond acceptors (Lipinski definition) is 11. The standard InChI is InChI=1S/C24H24ClFN4O7S2/c1-39(32,33)37-19-3-2-17(26)15-10-35-24(36-11-16(15)19)18-13-38-23(29-18)14-4-8-30(9-5-14)20(31)12-34-22-21(25)27-6-7-28-22/h2-3,6-7,13-14,24H,4-5,8-12H2,1H3. The molecule has 0 spiro atoms. The van der Waals surface area contributed by atoms with Gasteiger partial charge >= 0.3 is 10.1 Å². The number of nitrogens with zero attached hydrogens (tertiary/aromatic N) is 4. The Morgan fingerprint density at radius 3 is 2.62 bits per heavy atom. The Balaban J connectivity index is 1.17. The number of likely N-dealkylation sites (tertiary alicyclic amines) is 1. The molecular weight excluding hydrogens is 575 g/mol. The first-order valence-electron chi connectivity index (χ1n) is 11.9. The van der Waals surface area contributed by atoms with Crippen LogP contribution in [0.3, 0.4) is 0 Å². The van der Waals surface area contributed by atoms with Crippen molar-refractivity contribution in [3.05, 3.63) is 62.7 Å². The van der Waals surface area contributed by atoms with Crippen LogP contribution in [0.4, 0.5) is 4.39 Å². The summed E-state index contributed by atoms with van der Waals surface area (Å²) in [6, 6.07) is 2.39. The molecule has 3 aromatic rings. The van der Waals surface area contributed by atoms with Gasteiger partial charge in [0.05, 0.1) is 24.5 Å². The van der Waals surface area contributed by atoms with E-state index in [9.17, 15) is 17.6 Å². The van der Waals surface area contributed by atoms with Crippen molar-refractivity contribution in [1.82, 2.24) is 19.9 Å².